The maximum Gasteiger partial charge on any atom is 0.291 e. The Balaban J connectivity index is 1.34. The number of nitriles is 1. The summed E-state index contributed by atoms with van der Waals surface area (Å²) in [6, 6.07) is 12.0. The maximum absolute atomic E-state index is 13.2. The number of nitrogens with zero attached hydrogens (tertiary/aromatic N) is 2. The lowest BCUT2D eigenvalue weighted by Crippen LogP contribution is -2.69. The van der Waals surface area contributed by atoms with Gasteiger partial charge in [-0.2, -0.15) is 5.26 Å². The molecular formula is C23H25N3O3S. The number of aromatic nitrogens is 1. The number of carbonyl (C=O) groups excluding carboxylic acids is 1. The van der Waals surface area contributed by atoms with Crippen LogP contribution in [0, 0.1) is 40.9 Å². The molecule has 0 saturated heterocycles. The number of ether oxygens (including phenoxy) is 1. The second-order valence-electron chi connectivity index (χ2n) is 8.79. The van der Waals surface area contributed by atoms with Gasteiger partial charge >= 0.3 is 0 Å². The average molecular weight is 424 g/mol. The van der Waals surface area contributed by atoms with Crippen molar-refractivity contribution in [2.45, 2.75) is 48.4 Å². The Hall–Kier alpha value is -2.46. The van der Waals surface area contributed by atoms with E-state index in [1.807, 2.05) is 36.4 Å². The number of hydrogen-bond acceptors (Lipinski definition) is 6. The van der Waals surface area contributed by atoms with Gasteiger partial charge < -0.3 is 14.6 Å². The Morgan fingerprint density at radius 2 is 2.10 bits per heavy atom. The van der Waals surface area contributed by atoms with Crippen LogP contribution in [0.2, 0.25) is 0 Å². The highest BCUT2D eigenvalue weighted by molar-refractivity contribution is 7.99. The van der Waals surface area contributed by atoms with Crippen molar-refractivity contribution < 1.29 is 14.1 Å². The van der Waals surface area contributed by atoms with Crippen molar-refractivity contribution in [3.8, 4) is 11.9 Å². The molecule has 1 aromatic carbocycles. The lowest BCUT2D eigenvalue weighted by Gasteiger charge is -2.67. The fourth-order valence-electron chi connectivity index (χ4n) is 5.74. The van der Waals surface area contributed by atoms with E-state index in [0.29, 0.717) is 16.7 Å². The molecule has 0 spiro atoms. The second-order valence-corrected chi connectivity index (χ2v) is 9.88. The van der Waals surface area contributed by atoms with Gasteiger partial charge in [0.1, 0.15) is 11.5 Å². The number of amides is 1. The SMILES string of the molecule is CC1CC2CC3C(NC(=O)c4onc(OCCC#N)c4Sc4ccccc4)C(C1)C23. The third-order valence-electron chi connectivity index (χ3n) is 6.95. The van der Waals surface area contributed by atoms with Crippen LogP contribution in [0.1, 0.15) is 43.2 Å². The van der Waals surface area contributed by atoms with Gasteiger partial charge in [0.05, 0.1) is 12.5 Å². The van der Waals surface area contributed by atoms with E-state index in [1.54, 1.807) is 0 Å². The normalized spacial score (nSPS) is 30.9. The van der Waals surface area contributed by atoms with Crippen LogP contribution >= 0.6 is 11.8 Å². The maximum atomic E-state index is 13.2. The molecule has 5 rings (SSSR count). The quantitative estimate of drug-likeness (QED) is 0.658. The topological polar surface area (TPSA) is 88.2 Å². The number of carbonyl (C=O) groups is 1. The van der Waals surface area contributed by atoms with Crippen molar-refractivity contribution in [3.63, 3.8) is 0 Å². The van der Waals surface area contributed by atoms with Crippen LogP contribution in [-0.2, 0) is 0 Å². The van der Waals surface area contributed by atoms with E-state index in [-0.39, 0.29) is 36.6 Å². The molecular weight excluding hydrogens is 398 g/mol. The van der Waals surface area contributed by atoms with Crippen molar-refractivity contribution >= 4 is 17.7 Å². The van der Waals surface area contributed by atoms with E-state index < -0.39 is 0 Å². The third-order valence-corrected chi connectivity index (χ3v) is 8.02. The first-order valence-electron chi connectivity index (χ1n) is 10.7. The Morgan fingerprint density at radius 3 is 2.90 bits per heavy atom. The second kappa shape index (κ2) is 7.99. The van der Waals surface area contributed by atoms with E-state index in [2.05, 4.69) is 17.4 Å². The molecule has 6 nitrogen and oxygen atoms in total. The molecule has 3 aliphatic rings. The Labute approximate surface area is 180 Å². The first kappa shape index (κ1) is 19.5. The van der Waals surface area contributed by atoms with Crippen LogP contribution in [-0.4, -0.2) is 23.7 Å². The summed E-state index contributed by atoms with van der Waals surface area (Å²) in [4.78, 5) is 14.7. The van der Waals surface area contributed by atoms with E-state index in [4.69, 9.17) is 14.5 Å². The van der Waals surface area contributed by atoms with E-state index in [1.165, 1.54) is 31.0 Å². The van der Waals surface area contributed by atoms with Gasteiger partial charge in [0.2, 0.25) is 5.76 Å². The van der Waals surface area contributed by atoms with Gasteiger partial charge in [0.15, 0.2) is 0 Å². The lowest BCUT2D eigenvalue weighted by atomic mass is 9.40. The van der Waals surface area contributed by atoms with Gasteiger partial charge in [0.25, 0.3) is 11.8 Å². The van der Waals surface area contributed by atoms with Gasteiger partial charge in [-0.05, 0) is 66.1 Å². The Bertz CT molecular complexity index is 970. The van der Waals surface area contributed by atoms with E-state index in [9.17, 15) is 4.79 Å². The number of nitrogens with one attached hydrogen (secondary N) is 1. The minimum Gasteiger partial charge on any atom is -0.474 e. The minimum absolute atomic E-state index is 0.194. The van der Waals surface area contributed by atoms with Crippen molar-refractivity contribution in [2.75, 3.05) is 6.61 Å². The average Bonchev–Trinajstić information content (AvgIpc) is 3.11. The van der Waals surface area contributed by atoms with E-state index >= 15 is 0 Å². The summed E-state index contributed by atoms with van der Waals surface area (Å²) in [5.74, 6) is 3.88. The summed E-state index contributed by atoms with van der Waals surface area (Å²) in [5, 5.41) is 16.0. The molecule has 0 aliphatic heterocycles. The van der Waals surface area contributed by atoms with Gasteiger partial charge in [-0.1, -0.05) is 36.9 Å². The first-order valence-corrected chi connectivity index (χ1v) is 11.5. The Kier molecular flexibility index (Phi) is 5.20. The van der Waals surface area contributed by atoms with Gasteiger partial charge in [0, 0.05) is 10.9 Å². The minimum atomic E-state index is -0.221. The predicted molar refractivity (Wildman–Crippen MR) is 111 cm³/mol. The lowest BCUT2D eigenvalue weighted by molar-refractivity contribution is -0.160. The third kappa shape index (κ3) is 3.37. The highest BCUT2D eigenvalue weighted by Crippen LogP contribution is 2.64. The van der Waals surface area contributed by atoms with Gasteiger partial charge in [-0.15, -0.1) is 0 Å². The summed E-state index contributed by atoms with van der Waals surface area (Å²) in [6.45, 7) is 2.54. The van der Waals surface area contributed by atoms with E-state index in [0.717, 1.165) is 22.6 Å². The molecule has 2 aromatic rings. The highest BCUT2D eigenvalue weighted by Gasteiger charge is 2.62. The molecule has 30 heavy (non-hydrogen) atoms. The van der Waals surface area contributed by atoms with Gasteiger partial charge in [-0.25, -0.2) is 0 Å². The van der Waals surface area contributed by atoms with Crippen molar-refractivity contribution in [1.82, 2.24) is 10.5 Å². The first-order chi connectivity index (χ1) is 14.7. The molecule has 1 aromatic heterocycles. The molecule has 3 fully saturated rings. The zero-order valence-corrected chi connectivity index (χ0v) is 17.7. The number of hydrogen-bond donors (Lipinski definition) is 1. The Morgan fingerprint density at radius 1 is 1.30 bits per heavy atom. The zero-order valence-electron chi connectivity index (χ0n) is 16.9. The van der Waals surface area contributed by atoms with Crippen LogP contribution in [0.15, 0.2) is 44.6 Å². The number of benzene rings is 1. The summed E-state index contributed by atoms with van der Waals surface area (Å²) in [7, 11) is 0. The summed E-state index contributed by atoms with van der Waals surface area (Å²) in [6.07, 6.45) is 4.03. The predicted octanol–water partition coefficient (Wildman–Crippen LogP) is 4.53. The van der Waals surface area contributed by atoms with Crippen LogP contribution < -0.4 is 10.1 Å². The summed E-state index contributed by atoms with van der Waals surface area (Å²) >= 11 is 1.40. The van der Waals surface area contributed by atoms with Crippen molar-refractivity contribution in [1.29, 1.82) is 5.26 Å². The van der Waals surface area contributed by atoms with Crippen LogP contribution in [0.5, 0.6) is 5.88 Å². The molecule has 3 aliphatic carbocycles. The fraction of sp³-hybridized carbons (Fsp3) is 0.522. The summed E-state index contributed by atoms with van der Waals surface area (Å²) in [5.41, 5.74) is 0. The molecule has 6 atom stereocenters. The molecule has 6 unspecified atom stereocenters. The summed E-state index contributed by atoms with van der Waals surface area (Å²) < 4.78 is 11.1. The monoisotopic (exact) mass is 423 g/mol. The standard InChI is InChI=1S/C23H25N3O3S/c1-13-10-14-12-17-18(14)16(11-13)19(17)25-22(27)20-21(30-15-6-3-2-4-7-15)23(26-29-20)28-9-5-8-24/h2-4,6-7,13-14,16-19H,5,9-12H2,1H3,(H,25,27). The van der Waals surface area contributed by atoms with Crippen LogP contribution in [0.25, 0.3) is 0 Å². The molecule has 1 heterocycles. The van der Waals surface area contributed by atoms with Crippen LogP contribution in [0.4, 0.5) is 0 Å². The molecule has 156 valence electrons. The molecule has 7 heteroatoms. The molecule has 3 saturated carbocycles. The van der Waals surface area contributed by atoms with Crippen molar-refractivity contribution in [2.24, 2.45) is 29.6 Å². The molecule has 1 amide bonds. The smallest absolute Gasteiger partial charge is 0.291 e. The highest BCUT2D eigenvalue weighted by atomic mass is 32.2. The largest absolute Gasteiger partial charge is 0.474 e. The zero-order chi connectivity index (χ0) is 20.7. The molecule has 1 N–H and O–H groups in total. The molecule has 0 radical (unpaired) electrons. The van der Waals surface area contributed by atoms with Crippen molar-refractivity contribution in [3.05, 3.63) is 36.1 Å². The fourth-order valence-corrected chi connectivity index (χ4v) is 6.68. The van der Waals surface area contributed by atoms with Gasteiger partial charge in [-0.3, -0.25) is 4.79 Å². The van der Waals surface area contributed by atoms with Crippen LogP contribution in [0.3, 0.4) is 0 Å². The number of rotatable bonds is 7. The molecule has 0 bridgehead atoms.